The first-order valence-corrected chi connectivity index (χ1v) is 5.13. The van der Waals surface area contributed by atoms with Crippen molar-refractivity contribution in [3.63, 3.8) is 0 Å². The van der Waals surface area contributed by atoms with Gasteiger partial charge in [0.05, 0.1) is 0 Å². The highest BCUT2D eigenvalue weighted by Crippen LogP contribution is 2.05. The molecule has 0 aromatic heterocycles. The smallest absolute Gasteiger partial charge is 0.123 e. The van der Waals surface area contributed by atoms with Crippen LogP contribution >= 0.6 is 0 Å². The Kier molecular flexibility index (Phi) is 4.86. The van der Waals surface area contributed by atoms with Crippen LogP contribution in [-0.4, -0.2) is 12.6 Å². The van der Waals surface area contributed by atoms with E-state index >= 15 is 0 Å². The Morgan fingerprint density at radius 2 is 2.07 bits per heavy atom. The molecule has 0 aliphatic heterocycles. The number of terminal acetylenes is 1. The van der Waals surface area contributed by atoms with Crippen molar-refractivity contribution >= 4 is 0 Å². The number of benzene rings is 1. The van der Waals surface area contributed by atoms with Crippen LogP contribution in [0.25, 0.3) is 0 Å². The minimum absolute atomic E-state index is 0.188. The van der Waals surface area contributed by atoms with Gasteiger partial charge in [0.25, 0.3) is 0 Å². The Hall–Kier alpha value is -1.33. The lowest BCUT2D eigenvalue weighted by molar-refractivity contribution is 0.553. The molecule has 1 rings (SSSR count). The van der Waals surface area contributed by atoms with Gasteiger partial charge < -0.3 is 5.32 Å². The summed E-state index contributed by atoms with van der Waals surface area (Å²) in [6.45, 7) is 2.93. The summed E-state index contributed by atoms with van der Waals surface area (Å²) < 4.78 is 12.6. The van der Waals surface area contributed by atoms with Crippen molar-refractivity contribution in [2.75, 3.05) is 6.54 Å². The van der Waals surface area contributed by atoms with Gasteiger partial charge in [0.1, 0.15) is 5.82 Å². The lowest BCUT2D eigenvalue weighted by Crippen LogP contribution is -2.28. The Morgan fingerprint density at radius 1 is 1.40 bits per heavy atom. The topological polar surface area (TPSA) is 12.0 Å². The van der Waals surface area contributed by atoms with Gasteiger partial charge in [-0.25, -0.2) is 4.39 Å². The van der Waals surface area contributed by atoms with E-state index in [9.17, 15) is 4.39 Å². The molecule has 0 amide bonds. The van der Waals surface area contributed by atoms with Crippen molar-refractivity contribution in [2.45, 2.75) is 25.8 Å². The summed E-state index contributed by atoms with van der Waals surface area (Å²) in [4.78, 5) is 0. The highest BCUT2D eigenvalue weighted by atomic mass is 19.1. The third-order valence-corrected chi connectivity index (χ3v) is 2.22. The van der Waals surface area contributed by atoms with E-state index in [4.69, 9.17) is 6.42 Å². The largest absolute Gasteiger partial charge is 0.313 e. The number of halogens is 1. The van der Waals surface area contributed by atoms with Gasteiger partial charge in [-0.1, -0.05) is 12.1 Å². The fraction of sp³-hybridized carbons (Fsp3) is 0.385. The number of rotatable bonds is 5. The molecule has 1 nitrogen and oxygen atoms in total. The van der Waals surface area contributed by atoms with Crippen LogP contribution < -0.4 is 5.32 Å². The maximum atomic E-state index is 12.6. The van der Waals surface area contributed by atoms with Gasteiger partial charge >= 0.3 is 0 Å². The molecule has 0 fully saturated rings. The molecule has 80 valence electrons. The molecule has 1 N–H and O–H groups in total. The quantitative estimate of drug-likeness (QED) is 0.575. The molecule has 0 aliphatic rings. The zero-order valence-corrected chi connectivity index (χ0v) is 8.96. The molecular weight excluding hydrogens is 189 g/mol. The summed E-state index contributed by atoms with van der Waals surface area (Å²) in [6.07, 6.45) is 6.79. The number of hydrogen-bond donors (Lipinski definition) is 1. The molecule has 0 bridgehead atoms. The molecule has 1 aromatic rings. The molecular formula is C13H16FN. The second-order valence-corrected chi connectivity index (χ2v) is 3.64. The molecule has 0 radical (unpaired) electrons. The second-order valence-electron chi connectivity index (χ2n) is 3.64. The van der Waals surface area contributed by atoms with Crippen LogP contribution in [0.3, 0.4) is 0 Å². The first-order valence-electron chi connectivity index (χ1n) is 5.13. The van der Waals surface area contributed by atoms with E-state index in [0.717, 1.165) is 24.9 Å². The van der Waals surface area contributed by atoms with Crippen LogP contribution in [0.4, 0.5) is 4.39 Å². The standard InChI is InChI=1S/C13H16FN/c1-3-4-9-15-11(2)10-12-5-7-13(14)8-6-12/h1,5-8,11,15H,4,9-10H2,2H3. The summed E-state index contributed by atoms with van der Waals surface area (Å²) in [7, 11) is 0. The van der Waals surface area contributed by atoms with Crippen molar-refractivity contribution in [3.05, 3.63) is 35.6 Å². The SMILES string of the molecule is C#CCCNC(C)Cc1ccc(F)cc1. The van der Waals surface area contributed by atoms with Gasteiger partial charge in [-0.05, 0) is 31.0 Å². The van der Waals surface area contributed by atoms with Crippen LogP contribution in [0.2, 0.25) is 0 Å². The van der Waals surface area contributed by atoms with Gasteiger partial charge in [0, 0.05) is 19.0 Å². The lowest BCUT2D eigenvalue weighted by atomic mass is 10.1. The molecule has 2 heteroatoms. The Labute approximate surface area is 90.7 Å². The molecule has 1 unspecified atom stereocenters. The molecule has 0 heterocycles. The third kappa shape index (κ3) is 4.62. The van der Waals surface area contributed by atoms with Gasteiger partial charge in [-0.15, -0.1) is 12.3 Å². The highest BCUT2D eigenvalue weighted by Gasteiger charge is 2.02. The molecule has 0 saturated carbocycles. The summed E-state index contributed by atoms with van der Waals surface area (Å²) in [5.74, 6) is 2.39. The van der Waals surface area contributed by atoms with Crippen molar-refractivity contribution in [2.24, 2.45) is 0 Å². The van der Waals surface area contributed by atoms with Crippen LogP contribution in [0.1, 0.15) is 18.9 Å². The zero-order chi connectivity index (χ0) is 11.1. The normalized spacial score (nSPS) is 12.1. The van der Waals surface area contributed by atoms with E-state index in [1.54, 1.807) is 0 Å². The van der Waals surface area contributed by atoms with Crippen LogP contribution in [0.15, 0.2) is 24.3 Å². The van der Waals surface area contributed by atoms with E-state index in [2.05, 4.69) is 18.2 Å². The minimum atomic E-state index is -0.188. The van der Waals surface area contributed by atoms with Gasteiger partial charge in [0.2, 0.25) is 0 Å². The first kappa shape index (κ1) is 11.7. The number of nitrogens with one attached hydrogen (secondary N) is 1. The fourth-order valence-corrected chi connectivity index (χ4v) is 1.44. The van der Waals surface area contributed by atoms with Gasteiger partial charge in [-0.2, -0.15) is 0 Å². The average molecular weight is 205 g/mol. The summed E-state index contributed by atoms with van der Waals surface area (Å²) >= 11 is 0. The second kappa shape index (κ2) is 6.21. The molecule has 0 saturated heterocycles. The number of hydrogen-bond acceptors (Lipinski definition) is 1. The highest BCUT2D eigenvalue weighted by molar-refractivity contribution is 5.16. The van der Waals surface area contributed by atoms with Crippen LogP contribution in [-0.2, 0) is 6.42 Å². The van der Waals surface area contributed by atoms with E-state index in [1.807, 2.05) is 12.1 Å². The Balaban J connectivity index is 2.34. The predicted molar refractivity (Wildman–Crippen MR) is 61.0 cm³/mol. The molecule has 0 spiro atoms. The zero-order valence-electron chi connectivity index (χ0n) is 8.96. The van der Waals surface area contributed by atoms with E-state index in [1.165, 1.54) is 12.1 Å². The van der Waals surface area contributed by atoms with Crippen molar-refractivity contribution in [1.29, 1.82) is 0 Å². The van der Waals surface area contributed by atoms with Crippen molar-refractivity contribution < 1.29 is 4.39 Å². The Morgan fingerprint density at radius 3 is 2.67 bits per heavy atom. The third-order valence-electron chi connectivity index (χ3n) is 2.22. The van der Waals surface area contributed by atoms with Crippen LogP contribution in [0.5, 0.6) is 0 Å². The van der Waals surface area contributed by atoms with Crippen LogP contribution in [0, 0.1) is 18.2 Å². The molecule has 1 atom stereocenters. The van der Waals surface area contributed by atoms with Crippen molar-refractivity contribution in [3.8, 4) is 12.3 Å². The lowest BCUT2D eigenvalue weighted by Gasteiger charge is -2.12. The Bertz CT molecular complexity index is 323. The van der Waals surface area contributed by atoms with Crippen molar-refractivity contribution in [1.82, 2.24) is 5.32 Å². The maximum Gasteiger partial charge on any atom is 0.123 e. The van der Waals surface area contributed by atoms with Gasteiger partial charge in [-0.3, -0.25) is 0 Å². The predicted octanol–water partition coefficient (Wildman–Crippen LogP) is 2.37. The summed E-state index contributed by atoms with van der Waals surface area (Å²) in [5, 5.41) is 3.31. The van der Waals surface area contributed by atoms with E-state index in [-0.39, 0.29) is 5.82 Å². The summed E-state index contributed by atoms with van der Waals surface area (Å²) in [6, 6.07) is 6.97. The minimum Gasteiger partial charge on any atom is -0.313 e. The monoisotopic (exact) mass is 205 g/mol. The fourth-order valence-electron chi connectivity index (χ4n) is 1.44. The molecule has 15 heavy (non-hydrogen) atoms. The van der Waals surface area contributed by atoms with E-state index in [0.29, 0.717) is 6.04 Å². The molecule has 1 aromatic carbocycles. The average Bonchev–Trinajstić information content (AvgIpc) is 2.22. The molecule has 0 aliphatic carbocycles. The van der Waals surface area contributed by atoms with E-state index < -0.39 is 0 Å². The first-order chi connectivity index (χ1) is 7.22. The van der Waals surface area contributed by atoms with Gasteiger partial charge in [0.15, 0.2) is 0 Å². The maximum absolute atomic E-state index is 12.6. The summed E-state index contributed by atoms with van der Waals surface area (Å²) in [5.41, 5.74) is 1.14.